The number of aliphatic hydroxyl groups is 1. The molecule has 4 heteroatoms. The van der Waals surface area contributed by atoms with Crippen molar-refractivity contribution in [1.29, 1.82) is 0 Å². The molecule has 1 rings (SSSR count). The van der Waals surface area contributed by atoms with Gasteiger partial charge in [-0.3, -0.25) is 9.69 Å². The Kier molecular flexibility index (Phi) is 5.22. The summed E-state index contributed by atoms with van der Waals surface area (Å²) in [4.78, 5) is 13.8. The highest BCUT2D eigenvalue weighted by Gasteiger charge is 2.25. The Morgan fingerprint density at radius 1 is 1.67 bits per heavy atom. The van der Waals surface area contributed by atoms with Gasteiger partial charge in [0, 0.05) is 12.5 Å². The van der Waals surface area contributed by atoms with Crippen molar-refractivity contribution >= 4 is 5.78 Å². The van der Waals surface area contributed by atoms with E-state index in [0.29, 0.717) is 19.8 Å². The smallest absolute Gasteiger partial charge is 0.149 e. The van der Waals surface area contributed by atoms with Crippen LogP contribution < -0.4 is 0 Å². The molecule has 4 nitrogen and oxygen atoms in total. The number of carbonyl (C=O) groups is 1. The van der Waals surface area contributed by atoms with Crippen molar-refractivity contribution in [3.8, 4) is 0 Å². The maximum absolute atomic E-state index is 11.7. The number of nitrogens with zero attached hydrogens (tertiary/aromatic N) is 1. The number of carbonyl (C=O) groups excluding carboxylic acids is 1. The third kappa shape index (κ3) is 3.55. The Hall–Kier alpha value is -0.450. The number of aliphatic hydroxyl groups excluding tert-OH is 1. The Labute approximate surface area is 91.2 Å². The zero-order valence-electron chi connectivity index (χ0n) is 9.61. The van der Waals surface area contributed by atoms with Gasteiger partial charge >= 0.3 is 0 Å². The fourth-order valence-corrected chi connectivity index (χ4v) is 1.65. The lowest BCUT2D eigenvalue weighted by Gasteiger charge is -2.34. The predicted octanol–water partition coefficient (Wildman–Crippen LogP) is 0.295. The van der Waals surface area contributed by atoms with Crippen LogP contribution in [0.25, 0.3) is 0 Å². The van der Waals surface area contributed by atoms with Gasteiger partial charge in [-0.15, -0.1) is 0 Å². The minimum absolute atomic E-state index is 0.00763. The van der Waals surface area contributed by atoms with Crippen LogP contribution in [-0.4, -0.2) is 54.7 Å². The van der Waals surface area contributed by atoms with Crippen LogP contribution in [0.1, 0.15) is 20.3 Å². The molecule has 0 bridgehead atoms. The van der Waals surface area contributed by atoms with Crippen molar-refractivity contribution in [3.05, 3.63) is 0 Å². The molecule has 1 saturated heterocycles. The van der Waals surface area contributed by atoms with Crippen LogP contribution in [0.3, 0.4) is 0 Å². The summed E-state index contributed by atoms with van der Waals surface area (Å²) < 4.78 is 5.26. The van der Waals surface area contributed by atoms with Gasteiger partial charge in [0.2, 0.25) is 0 Å². The van der Waals surface area contributed by atoms with E-state index in [0.717, 1.165) is 13.0 Å². The molecule has 1 aliphatic heterocycles. The summed E-state index contributed by atoms with van der Waals surface area (Å²) in [6.45, 7) is 6.42. The first-order valence-corrected chi connectivity index (χ1v) is 5.64. The predicted molar refractivity (Wildman–Crippen MR) is 57.7 cm³/mol. The largest absolute Gasteiger partial charge is 0.395 e. The highest BCUT2D eigenvalue weighted by Crippen LogP contribution is 2.09. The van der Waals surface area contributed by atoms with Crippen LogP contribution in [0.5, 0.6) is 0 Å². The van der Waals surface area contributed by atoms with Gasteiger partial charge in [0.15, 0.2) is 0 Å². The van der Waals surface area contributed by atoms with E-state index >= 15 is 0 Å². The molecule has 0 amide bonds. The number of morpholine rings is 1. The minimum Gasteiger partial charge on any atom is -0.395 e. The van der Waals surface area contributed by atoms with Crippen molar-refractivity contribution in [2.45, 2.75) is 26.3 Å². The summed E-state index contributed by atoms with van der Waals surface area (Å²) in [5.41, 5.74) is 0. The molecule has 0 aliphatic carbocycles. The second-order valence-electron chi connectivity index (χ2n) is 4.16. The van der Waals surface area contributed by atoms with Crippen LogP contribution in [0.2, 0.25) is 0 Å². The topological polar surface area (TPSA) is 49.8 Å². The first-order valence-electron chi connectivity index (χ1n) is 5.64. The second-order valence-corrected chi connectivity index (χ2v) is 4.16. The summed E-state index contributed by atoms with van der Waals surface area (Å²) in [6.07, 6.45) is 0.882. The van der Waals surface area contributed by atoms with Crippen LogP contribution in [0, 0.1) is 5.92 Å². The van der Waals surface area contributed by atoms with Gasteiger partial charge in [-0.25, -0.2) is 0 Å². The standard InChI is InChI=1S/C11H21NO3/c1-3-9(2)11(14)6-12-4-5-15-8-10(12)7-13/h9-10,13H,3-8H2,1-2H3. The average molecular weight is 215 g/mol. The zero-order valence-corrected chi connectivity index (χ0v) is 9.61. The molecule has 88 valence electrons. The van der Waals surface area contributed by atoms with Crippen LogP contribution in [0.15, 0.2) is 0 Å². The van der Waals surface area contributed by atoms with Gasteiger partial charge in [-0.1, -0.05) is 13.8 Å². The molecule has 15 heavy (non-hydrogen) atoms. The fraction of sp³-hybridized carbons (Fsp3) is 0.909. The summed E-state index contributed by atoms with van der Waals surface area (Å²) in [7, 11) is 0. The van der Waals surface area contributed by atoms with E-state index in [-0.39, 0.29) is 24.3 Å². The lowest BCUT2D eigenvalue weighted by atomic mass is 10.0. The maximum Gasteiger partial charge on any atom is 0.149 e. The molecule has 1 heterocycles. The molecule has 0 aromatic heterocycles. The summed E-state index contributed by atoms with van der Waals surface area (Å²) in [6, 6.07) is -0.00763. The molecule has 2 unspecified atom stereocenters. The van der Waals surface area contributed by atoms with Crippen molar-refractivity contribution in [1.82, 2.24) is 4.90 Å². The lowest BCUT2D eigenvalue weighted by Crippen LogP contribution is -2.50. The quantitative estimate of drug-likeness (QED) is 0.716. The van der Waals surface area contributed by atoms with E-state index in [1.165, 1.54) is 0 Å². The van der Waals surface area contributed by atoms with E-state index in [1.807, 2.05) is 18.7 Å². The zero-order chi connectivity index (χ0) is 11.3. The molecular formula is C11H21NO3. The van der Waals surface area contributed by atoms with Gasteiger partial charge in [-0.2, -0.15) is 0 Å². The molecule has 2 atom stereocenters. The number of ether oxygens (including phenoxy) is 1. The van der Waals surface area contributed by atoms with Gasteiger partial charge < -0.3 is 9.84 Å². The molecule has 1 N–H and O–H groups in total. The SMILES string of the molecule is CCC(C)C(=O)CN1CCOCC1CO. The summed E-state index contributed by atoms with van der Waals surface area (Å²) in [5, 5.41) is 9.14. The minimum atomic E-state index is -0.00763. The summed E-state index contributed by atoms with van der Waals surface area (Å²) in [5.74, 6) is 0.380. The van der Waals surface area contributed by atoms with E-state index in [2.05, 4.69) is 0 Å². The molecule has 0 aromatic rings. The molecule has 0 radical (unpaired) electrons. The van der Waals surface area contributed by atoms with Gasteiger partial charge in [0.1, 0.15) is 5.78 Å². The first kappa shape index (κ1) is 12.6. The Bertz CT molecular complexity index is 208. The normalized spacial score (nSPS) is 25.1. The Balaban J connectivity index is 2.44. The van der Waals surface area contributed by atoms with Crippen LogP contribution >= 0.6 is 0 Å². The monoisotopic (exact) mass is 215 g/mol. The van der Waals surface area contributed by atoms with Crippen LogP contribution in [-0.2, 0) is 9.53 Å². The number of rotatable bonds is 5. The van der Waals surface area contributed by atoms with Gasteiger partial charge in [-0.05, 0) is 6.42 Å². The van der Waals surface area contributed by atoms with E-state index in [4.69, 9.17) is 9.84 Å². The van der Waals surface area contributed by atoms with Gasteiger partial charge in [0.05, 0.1) is 32.4 Å². The number of ketones is 1. The van der Waals surface area contributed by atoms with Crippen molar-refractivity contribution in [3.63, 3.8) is 0 Å². The molecular weight excluding hydrogens is 194 g/mol. The molecule has 0 spiro atoms. The lowest BCUT2D eigenvalue weighted by molar-refractivity contribution is -0.126. The van der Waals surface area contributed by atoms with Gasteiger partial charge in [0.25, 0.3) is 0 Å². The Morgan fingerprint density at radius 2 is 2.40 bits per heavy atom. The van der Waals surface area contributed by atoms with E-state index in [9.17, 15) is 4.79 Å². The average Bonchev–Trinajstić information content (AvgIpc) is 2.28. The number of Topliss-reactive ketones (excluding diaryl/α,β-unsaturated/α-hetero) is 1. The van der Waals surface area contributed by atoms with E-state index < -0.39 is 0 Å². The van der Waals surface area contributed by atoms with E-state index in [1.54, 1.807) is 0 Å². The van der Waals surface area contributed by atoms with Crippen molar-refractivity contribution in [2.24, 2.45) is 5.92 Å². The van der Waals surface area contributed by atoms with Crippen molar-refractivity contribution < 1.29 is 14.6 Å². The maximum atomic E-state index is 11.7. The Morgan fingerprint density at radius 3 is 3.00 bits per heavy atom. The molecule has 0 saturated carbocycles. The molecule has 1 fully saturated rings. The number of hydrogen-bond acceptors (Lipinski definition) is 4. The second kappa shape index (κ2) is 6.20. The summed E-state index contributed by atoms with van der Waals surface area (Å²) >= 11 is 0. The third-order valence-electron chi connectivity index (χ3n) is 3.08. The third-order valence-corrected chi connectivity index (χ3v) is 3.08. The van der Waals surface area contributed by atoms with Crippen LogP contribution in [0.4, 0.5) is 0 Å². The highest BCUT2D eigenvalue weighted by atomic mass is 16.5. The van der Waals surface area contributed by atoms with Crippen molar-refractivity contribution in [2.75, 3.05) is 32.9 Å². The highest BCUT2D eigenvalue weighted by molar-refractivity contribution is 5.82. The fourth-order valence-electron chi connectivity index (χ4n) is 1.65. The molecule has 0 aromatic carbocycles. The first-order chi connectivity index (χ1) is 7.19. The molecule has 1 aliphatic rings. The number of hydrogen-bond donors (Lipinski definition) is 1.